The Labute approximate surface area is 154 Å². The summed E-state index contributed by atoms with van der Waals surface area (Å²) in [5.74, 6) is 0.781. The quantitative estimate of drug-likeness (QED) is 0.783. The van der Waals surface area contributed by atoms with Gasteiger partial charge in [-0.15, -0.1) is 0 Å². The van der Waals surface area contributed by atoms with Gasteiger partial charge in [0.15, 0.2) is 0 Å². The summed E-state index contributed by atoms with van der Waals surface area (Å²) < 4.78 is 32.2. The van der Waals surface area contributed by atoms with Crippen LogP contribution >= 0.6 is 11.3 Å². The minimum absolute atomic E-state index is 0.341. The molecule has 0 aromatic carbocycles. The molecule has 1 heterocycles. The van der Waals surface area contributed by atoms with Crippen molar-refractivity contribution in [1.29, 1.82) is 0 Å². The van der Waals surface area contributed by atoms with E-state index < -0.39 is 15.6 Å². The van der Waals surface area contributed by atoms with Crippen molar-refractivity contribution in [3.05, 3.63) is 16.8 Å². The van der Waals surface area contributed by atoms with Crippen molar-refractivity contribution in [2.45, 2.75) is 57.0 Å². The number of thiophene rings is 1. The zero-order chi connectivity index (χ0) is 18.5. The molecule has 142 valence electrons. The molecule has 1 aliphatic carbocycles. The molecule has 0 atom stereocenters. The Hall–Kier alpha value is -1.12. The molecular weight excluding hydrogens is 360 g/mol. The number of alkyl carbamates (subject to hydrolysis) is 1. The van der Waals surface area contributed by atoms with E-state index >= 15 is 0 Å². The lowest BCUT2D eigenvalue weighted by Gasteiger charge is -2.29. The van der Waals surface area contributed by atoms with Crippen molar-refractivity contribution in [2.75, 3.05) is 13.1 Å². The largest absolute Gasteiger partial charge is 0.444 e. The van der Waals surface area contributed by atoms with Crippen LogP contribution in [0.5, 0.6) is 0 Å². The standard InChI is InChI=1S/C17H28N2O4S2/c1-17(2,3)23-16(20)18-10-13-4-6-14(7-5-13)11-19-25(21,22)15-8-9-24-12-15/h8-9,12-14,19H,4-7,10-11H2,1-3H3,(H,18,20). The van der Waals surface area contributed by atoms with Crippen molar-refractivity contribution in [3.63, 3.8) is 0 Å². The van der Waals surface area contributed by atoms with E-state index in [1.54, 1.807) is 16.8 Å². The molecule has 1 aromatic heterocycles. The van der Waals surface area contributed by atoms with Gasteiger partial charge in [-0.25, -0.2) is 17.9 Å². The number of nitrogens with one attached hydrogen (secondary N) is 2. The third kappa shape index (κ3) is 6.95. The fourth-order valence-electron chi connectivity index (χ4n) is 2.90. The van der Waals surface area contributed by atoms with E-state index in [9.17, 15) is 13.2 Å². The average Bonchev–Trinajstić information content (AvgIpc) is 3.06. The number of ether oxygens (including phenoxy) is 1. The van der Waals surface area contributed by atoms with Gasteiger partial charge in [-0.2, -0.15) is 11.3 Å². The number of sulfonamides is 1. The van der Waals surface area contributed by atoms with E-state index in [1.165, 1.54) is 11.3 Å². The predicted molar refractivity (Wildman–Crippen MR) is 99.2 cm³/mol. The maximum Gasteiger partial charge on any atom is 0.407 e. The van der Waals surface area contributed by atoms with Gasteiger partial charge in [0.1, 0.15) is 5.60 Å². The third-order valence-electron chi connectivity index (χ3n) is 4.27. The molecule has 1 amide bonds. The molecule has 0 aliphatic heterocycles. The van der Waals surface area contributed by atoms with E-state index in [4.69, 9.17) is 4.74 Å². The summed E-state index contributed by atoms with van der Waals surface area (Å²) in [6, 6.07) is 1.62. The first-order valence-electron chi connectivity index (χ1n) is 8.64. The smallest absolute Gasteiger partial charge is 0.407 e. The summed E-state index contributed by atoms with van der Waals surface area (Å²) in [5, 5.41) is 6.23. The minimum Gasteiger partial charge on any atom is -0.444 e. The maximum absolute atomic E-state index is 12.1. The van der Waals surface area contributed by atoms with Gasteiger partial charge in [0.05, 0.1) is 4.90 Å². The van der Waals surface area contributed by atoms with Gasteiger partial charge >= 0.3 is 6.09 Å². The molecule has 25 heavy (non-hydrogen) atoms. The fraction of sp³-hybridized carbons (Fsp3) is 0.706. The normalized spacial score (nSPS) is 21.7. The first kappa shape index (κ1) is 20.2. The van der Waals surface area contributed by atoms with Crippen LogP contribution in [0, 0.1) is 11.8 Å². The molecule has 8 heteroatoms. The molecule has 2 rings (SSSR count). The van der Waals surface area contributed by atoms with E-state index in [-0.39, 0.29) is 6.09 Å². The number of amides is 1. The Morgan fingerprint density at radius 2 is 1.80 bits per heavy atom. The summed E-state index contributed by atoms with van der Waals surface area (Å²) in [5.41, 5.74) is -0.485. The number of carbonyl (C=O) groups excluding carboxylic acids is 1. The fourth-order valence-corrected chi connectivity index (χ4v) is 5.04. The number of rotatable bonds is 6. The Morgan fingerprint density at radius 3 is 2.32 bits per heavy atom. The molecule has 1 saturated carbocycles. The van der Waals surface area contributed by atoms with Crippen LogP contribution in [0.2, 0.25) is 0 Å². The van der Waals surface area contributed by atoms with Gasteiger partial charge in [0.25, 0.3) is 0 Å². The van der Waals surface area contributed by atoms with Gasteiger partial charge in [-0.1, -0.05) is 0 Å². The van der Waals surface area contributed by atoms with Gasteiger partial charge in [-0.05, 0) is 69.7 Å². The van der Waals surface area contributed by atoms with Gasteiger partial charge in [-0.3, -0.25) is 0 Å². The molecule has 6 nitrogen and oxygen atoms in total. The van der Waals surface area contributed by atoms with E-state index in [0.29, 0.717) is 29.8 Å². The second kappa shape index (κ2) is 8.51. The zero-order valence-electron chi connectivity index (χ0n) is 15.1. The summed E-state index contributed by atoms with van der Waals surface area (Å²) >= 11 is 1.38. The lowest BCUT2D eigenvalue weighted by atomic mass is 9.82. The molecule has 0 bridgehead atoms. The SMILES string of the molecule is CC(C)(C)OC(=O)NCC1CCC(CNS(=O)(=O)c2ccsc2)CC1. The van der Waals surface area contributed by atoms with Crippen molar-refractivity contribution < 1.29 is 17.9 Å². The van der Waals surface area contributed by atoms with Crippen LogP contribution in [0.4, 0.5) is 4.79 Å². The molecule has 2 N–H and O–H groups in total. The molecule has 1 aromatic rings. The lowest BCUT2D eigenvalue weighted by molar-refractivity contribution is 0.0513. The Morgan fingerprint density at radius 1 is 1.20 bits per heavy atom. The van der Waals surface area contributed by atoms with Crippen LogP contribution in [-0.2, 0) is 14.8 Å². The van der Waals surface area contributed by atoms with Gasteiger partial charge < -0.3 is 10.1 Å². The maximum atomic E-state index is 12.1. The van der Waals surface area contributed by atoms with Crippen LogP contribution < -0.4 is 10.0 Å². The summed E-state index contributed by atoms with van der Waals surface area (Å²) in [6.45, 7) is 6.62. The lowest BCUT2D eigenvalue weighted by Crippen LogP contribution is -2.37. The van der Waals surface area contributed by atoms with E-state index in [2.05, 4.69) is 10.0 Å². The Bertz CT molecular complexity index is 643. The van der Waals surface area contributed by atoms with E-state index in [1.807, 2.05) is 20.8 Å². The van der Waals surface area contributed by atoms with Crippen molar-refractivity contribution in [1.82, 2.24) is 10.0 Å². The predicted octanol–water partition coefficient (Wildman–Crippen LogP) is 3.36. The van der Waals surface area contributed by atoms with Crippen LogP contribution in [0.15, 0.2) is 21.7 Å². The zero-order valence-corrected chi connectivity index (χ0v) is 16.7. The Balaban J connectivity index is 1.67. The molecule has 1 aliphatic rings. The highest BCUT2D eigenvalue weighted by Crippen LogP contribution is 2.28. The number of hydrogen-bond donors (Lipinski definition) is 2. The highest BCUT2D eigenvalue weighted by molar-refractivity contribution is 7.89. The molecular formula is C17H28N2O4S2. The van der Waals surface area contributed by atoms with Crippen molar-refractivity contribution in [3.8, 4) is 0 Å². The van der Waals surface area contributed by atoms with Crippen LogP contribution in [0.25, 0.3) is 0 Å². The summed E-state index contributed by atoms with van der Waals surface area (Å²) in [6.07, 6.45) is 3.53. The molecule has 0 unspecified atom stereocenters. The highest BCUT2D eigenvalue weighted by Gasteiger charge is 2.24. The van der Waals surface area contributed by atoms with Gasteiger partial charge in [0, 0.05) is 18.5 Å². The van der Waals surface area contributed by atoms with Gasteiger partial charge in [0.2, 0.25) is 10.0 Å². The second-order valence-electron chi connectivity index (χ2n) is 7.58. The summed E-state index contributed by atoms with van der Waals surface area (Å²) in [4.78, 5) is 12.0. The summed E-state index contributed by atoms with van der Waals surface area (Å²) in [7, 11) is -3.38. The monoisotopic (exact) mass is 388 g/mol. The number of carbonyl (C=O) groups is 1. The van der Waals surface area contributed by atoms with Crippen LogP contribution in [0.1, 0.15) is 46.5 Å². The second-order valence-corrected chi connectivity index (χ2v) is 10.1. The molecule has 1 fully saturated rings. The number of hydrogen-bond acceptors (Lipinski definition) is 5. The molecule has 0 radical (unpaired) electrons. The third-order valence-corrected chi connectivity index (χ3v) is 6.52. The first-order chi connectivity index (χ1) is 11.7. The average molecular weight is 389 g/mol. The van der Waals surface area contributed by atoms with Crippen molar-refractivity contribution in [2.24, 2.45) is 11.8 Å². The highest BCUT2D eigenvalue weighted by atomic mass is 32.2. The Kier molecular flexibility index (Phi) is 6.87. The minimum atomic E-state index is -3.38. The van der Waals surface area contributed by atoms with Crippen LogP contribution in [-0.4, -0.2) is 33.2 Å². The van der Waals surface area contributed by atoms with E-state index in [0.717, 1.165) is 25.7 Å². The van der Waals surface area contributed by atoms with Crippen molar-refractivity contribution >= 4 is 27.5 Å². The first-order valence-corrected chi connectivity index (χ1v) is 11.1. The van der Waals surface area contributed by atoms with Crippen LogP contribution in [0.3, 0.4) is 0 Å². The topological polar surface area (TPSA) is 84.5 Å². The molecule has 0 saturated heterocycles. The molecule has 0 spiro atoms.